The quantitative estimate of drug-likeness (QED) is 0.898. The molecule has 0 aromatic heterocycles. The molecule has 1 aromatic rings. The van der Waals surface area contributed by atoms with Gasteiger partial charge in [0.2, 0.25) is 11.8 Å². The second-order valence-corrected chi connectivity index (χ2v) is 4.82. The highest BCUT2D eigenvalue weighted by Gasteiger charge is 2.32. The van der Waals surface area contributed by atoms with Gasteiger partial charge in [0.05, 0.1) is 6.54 Å². The zero-order chi connectivity index (χ0) is 12.4. The number of hydrogen-bond donors (Lipinski definition) is 1. The lowest BCUT2D eigenvalue weighted by atomic mass is 10.0. The molecule has 1 atom stereocenters. The van der Waals surface area contributed by atoms with E-state index in [9.17, 15) is 9.59 Å². The van der Waals surface area contributed by atoms with E-state index in [2.05, 4.69) is 21.2 Å². The first kappa shape index (κ1) is 12.1. The molecule has 0 bridgehead atoms. The number of carbonyl (C=O) groups excluding carboxylic acids is 2. The lowest BCUT2D eigenvalue weighted by molar-refractivity contribution is -0.144. The normalized spacial score (nSPS) is 20.4. The standard InChI is InChI=1S/C12H13BrN2O2/c1-2-15-7-10(16)14-11(12(15)17)8-3-5-9(13)6-4-8/h3-6,11H,2,7H2,1H3,(H,14,16). The van der Waals surface area contributed by atoms with Gasteiger partial charge < -0.3 is 10.2 Å². The topological polar surface area (TPSA) is 49.4 Å². The number of nitrogens with zero attached hydrogens (tertiary/aromatic N) is 1. The van der Waals surface area contributed by atoms with Crippen molar-refractivity contribution in [1.29, 1.82) is 0 Å². The number of nitrogens with one attached hydrogen (secondary N) is 1. The van der Waals surface area contributed by atoms with Gasteiger partial charge in [-0.05, 0) is 24.6 Å². The third-order valence-corrected chi connectivity index (χ3v) is 3.31. The monoisotopic (exact) mass is 296 g/mol. The predicted octanol–water partition coefficient (Wildman–Crippen LogP) is 1.47. The van der Waals surface area contributed by atoms with Gasteiger partial charge in [-0.25, -0.2) is 0 Å². The largest absolute Gasteiger partial charge is 0.339 e. The zero-order valence-corrected chi connectivity index (χ0v) is 11.0. The smallest absolute Gasteiger partial charge is 0.250 e. The highest BCUT2D eigenvalue weighted by molar-refractivity contribution is 9.10. The van der Waals surface area contributed by atoms with Gasteiger partial charge in [0.25, 0.3) is 0 Å². The van der Waals surface area contributed by atoms with Crippen LogP contribution in [0.15, 0.2) is 28.7 Å². The van der Waals surface area contributed by atoms with E-state index in [1.165, 1.54) is 0 Å². The van der Waals surface area contributed by atoms with Crippen LogP contribution in [0.1, 0.15) is 18.5 Å². The van der Waals surface area contributed by atoms with E-state index >= 15 is 0 Å². The first-order valence-electron chi connectivity index (χ1n) is 5.45. The minimum atomic E-state index is -0.552. The van der Waals surface area contributed by atoms with Crippen molar-refractivity contribution in [2.24, 2.45) is 0 Å². The van der Waals surface area contributed by atoms with E-state index in [4.69, 9.17) is 0 Å². The summed E-state index contributed by atoms with van der Waals surface area (Å²) in [5.41, 5.74) is 0.810. The maximum Gasteiger partial charge on any atom is 0.250 e. The van der Waals surface area contributed by atoms with Crippen LogP contribution in [0.5, 0.6) is 0 Å². The Balaban J connectivity index is 2.27. The highest BCUT2D eigenvalue weighted by Crippen LogP contribution is 2.21. The van der Waals surface area contributed by atoms with Crippen molar-refractivity contribution in [3.05, 3.63) is 34.3 Å². The fourth-order valence-electron chi connectivity index (χ4n) is 1.85. The first-order valence-corrected chi connectivity index (χ1v) is 6.24. The number of carbonyl (C=O) groups is 2. The molecule has 17 heavy (non-hydrogen) atoms. The summed E-state index contributed by atoms with van der Waals surface area (Å²) in [6.07, 6.45) is 0. The van der Waals surface area contributed by atoms with Gasteiger partial charge in [-0.1, -0.05) is 28.1 Å². The van der Waals surface area contributed by atoms with E-state index in [0.717, 1.165) is 10.0 Å². The van der Waals surface area contributed by atoms with Crippen LogP contribution in [0.2, 0.25) is 0 Å². The molecule has 2 amide bonds. The summed E-state index contributed by atoms with van der Waals surface area (Å²) in [7, 11) is 0. The Bertz CT molecular complexity index is 444. The molecule has 1 heterocycles. The van der Waals surface area contributed by atoms with Crippen molar-refractivity contribution in [3.8, 4) is 0 Å². The molecule has 1 fully saturated rings. The molecule has 2 rings (SSSR count). The lowest BCUT2D eigenvalue weighted by Gasteiger charge is -2.31. The van der Waals surface area contributed by atoms with E-state index < -0.39 is 6.04 Å². The minimum Gasteiger partial charge on any atom is -0.339 e. The third-order valence-electron chi connectivity index (χ3n) is 2.78. The van der Waals surface area contributed by atoms with Crippen LogP contribution in [0, 0.1) is 0 Å². The Kier molecular flexibility index (Phi) is 3.47. The van der Waals surface area contributed by atoms with Crippen molar-refractivity contribution in [3.63, 3.8) is 0 Å². The Morgan fingerprint density at radius 3 is 2.59 bits per heavy atom. The molecule has 1 unspecified atom stereocenters. The summed E-state index contributed by atoms with van der Waals surface area (Å²) in [6, 6.07) is 6.85. The molecule has 1 N–H and O–H groups in total. The Labute approximate surface area is 108 Å². The summed E-state index contributed by atoms with van der Waals surface area (Å²) in [6.45, 7) is 2.58. The van der Waals surface area contributed by atoms with Gasteiger partial charge >= 0.3 is 0 Å². The van der Waals surface area contributed by atoms with Crippen molar-refractivity contribution < 1.29 is 9.59 Å². The average molecular weight is 297 g/mol. The molecule has 4 nitrogen and oxygen atoms in total. The van der Waals surface area contributed by atoms with Gasteiger partial charge in [-0.2, -0.15) is 0 Å². The SMILES string of the molecule is CCN1CC(=O)NC(c2ccc(Br)cc2)C1=O. The third kappa shape index (κ3) is 2.49. The van der Waals surface area contributed by atoms with Crippen LogP contribution in [0.25, 0.3) is 0 Å². The van der Waals surface area contributed by atoms with Gasteiger partial charge in [0.15, 0.2) is 0 Å². The van der Waals surface area contributed by atoms with E-state index in [-0.39, 0.29) is 18.4 Å². The highest BCUT2D eigenvalue weighted by atomic mass is 79.9. The molecule has 5 heteroatoms. The predicted molar refractivity (Wildman–Crippen MR) is 67.3 cm³/mol. The lowest BCUT2D eigenvalue weighted by Crippen LogP contribution is -2.53. The molecule has 90 valence electrons. The molecule has 0 aliphatic carbocycles. The average Bonchev–Trinajstić information content (AvgIpc) is 2.33. The Hall–Kier alpha value is -1.36. The number of rotatable bonds is 2. The van der Waals surface area contributed by atoms with Crippen molar-refractivity contribution in [1.82, 2.24) is 10.2 Å². The number of likely N-dealkylation sites (N-methyl/N-ethyl adjacent to an activating group) is 1. The Morgan fingerprint density at radius 2 is 2.00 bits per heavy atom. The summed E-state index contributed by atoms with van der Waals surface area (Å²) in [5.74, 6) is -0.159. The number of halogens is 1. The van der Waals surface area contributed by atoms with Gasteiger partial charge in [0.1, 0.15) is 6.04 Å². The number of benzene rings is 1. The fourth-order valence-corrected chi connectivity index (χ4v) is 2.12. The van der Waals surface area contributed by atoms with Crippen LogP contribution >= 0.6 is 15.9 Å². The van der Waals surface area contributed by atoms with E-state index in [1.807, 2.05) is 31.2 Å². The molecular formula is C12H13BrN2O2. The zero-order valence-electron chi connectivity index (χ0n) is 9.44. The summed E-state index contributed by atoms with van der Waals surface area (Å²) >= 11 is 3.34. The Morgan fingerprint density at radius 1 is 1.35 bits per heavy atom. The second-order valence-electron chi connectivity index (χ2n) is 3.90. The van der Waals surface area contributed by atoms with Gasteiger partial charge in [0, 0.05) is 11.0 Å². The molecule has 1 aliphatic heterocycles. The number of hydrogen-bond acceptors (Lipinski definition) is 2. The molecule has 1 aliphatic rings. The minimum absolute atomic E-state index is 0.0468. The van der Waals surface area contributed by atoms with Gasteiger partial charge in [-0.3, -0.25) is 9.59 Å². The van der Waals surface area contributed by atoms with Crippen molar-refractivity contribution in [2.75, 3.05) is 13.1 Å². The van der Waals surface area contributed by atoms with Crippen LogP contribution in [0.4, 0.5) is 0 Å². The summed E-state index contributed by atoms with van der Waals surface area (Å²) < 4.78 is 0.947. The maximum atomic E-state index is 12.1. The molecule has 0 spiro atoms. The number of amides is 2. The first-order chi connectivity index (χ1) is 8.11. The second kappa shape index (κ2) is 4.87. The summed E-state index contributed by atoms with van der Waals surface area (Å²) in [5, 5.41) is 2.72. The van der Waals surface area contributed by atoms with Gasteiger partial charge in [-0.15, -0.1) is 0 Å². The van der Waals surface area contributed by atoms with E-state index in [1.54, 1.807) is 4.90 Å². The number of piperazine rings is 1. The molecule has 1 aromatic carbocycles. The molecule has 0 radical (unpaired) electrons. The molecule has 0 saturated carbocycles. The van der Waals surface area contributed by atoms with Crippen LogP contribution in [-0.2, 0) is 9.59 Å². The van der Waals surface area contributed by atoms with Crippen LogP contribution in [0.3, 0.4) is 0 Å². The van der Waals surface area contributed by atoms with Crippen LogP contribution < -0.4 is 5.32 Å². The van der Waals surface area contributed by atoms with Crippen molar-refractivity contribution in [2.45, 2.75) is 13.0 Å². The van der Waals surface area contributed by atoms with Crippen molar-refractivity contribution >= 4 is 27.7 Å². The maximum absolute atomic E-state index is 12.1. The fraction of sp³-hybridized carbons (Fsp3) is 0.333. The molecular weight excluding hydrogens is 284 g/mol. The molecule has 1 saturated heterocycles. The van der Waals surface area contributed by atoms with E-state index in [0.29, 0.717) is 6.54 Å². The van der Waals surface area contributed by atoms with Crippen LogP contribution in [-0.4, -0.2) is 29.8 Å². The summed E-state index contributed by atoms with van der Waals surface area (Å²) in [4.78, 5) is 25.2.